The second kappa shape index (κ2) is 5.92. The SMILES string of the molecule is C=NC/C(=N\CC(C)C)C(C)C. The molecule has 0 saturated carbocycles. The zero-order chi connectivity index (χ0) is 9.56. The zero-order valence-electron chi connectivity index (χ0n) is 8.67. The third-order valence-corrected chi connectivity index (χ3v) is 1.60. The average Bonchev–Trinajstić information content (AvgIpc) is 1.96. The van der Waals surface area contributed by atoms with Crippen LogP contribution in [0.15, 0.2) is 9.98 Å². The van der Waals surface area contributed by atoms with Crippen molar-refractivity contribution in [3.05, 3.63) is 0 Å². The van der Waals surface area contributed by atoms with Crippen LogP contribution in [0.25, 0.3) is 0 Å². The molecule has 0 aliphatic rings. The van der Waals surface area contributed by atoms with E-state index in [1.807, 2.05) is 0 Å². The molecule has 0 bridgehead atoms. The van der Waals surface area contributed by atoms with E-state index in [-0.39, 0.29) is 0 Å². The summed E-state index contributed by atoms with van der Waals surface area (Å²) >= 11 is 0. The van der Waals surface area contributed by atoms with Gasteiger partial charge in [-0.2, -0.15) is 0 Å². The molecule has 70 valence electrons. The van der Waals surface area contributed by atoms with Gasteiger partial charge in [-0.25, -0.2) is 0 Å². The Morgan fingerprint density at radius 2 is 1.83 bits per heavy atom. The molecule has 0 rings (SSSR count). The molecule has 2 nitrogen and oxygen atoms in total. The van der Waals surface area contributed by atoms with E-state index in [0.717, 1.165) is 6.54 Å². The lowest BCUT2D eigenvalue weighted by Gasteiger charge is -2.08. The predicted octanol–water partition coefficient (Wildman–Crippen LogP) is 2.44. The molecule has 0 saturated heterocycles. The number of rotatable bonds is 5. The summed E-state index contributed by atoms with van der Waals surface area (Å²) < 4.78 is 0. The van der Waals surface area contributed by atoms with Crippen molar-refractivity contribution in [2.45, 2.75) is 27.7 Å². The highest BCUT2D eigenvalue weighted by atomic mass is 14.8. The van der Waals surface area contributed by atoms with E-state index in [1.165, 1.54) is 5.71 Å². The first-order valence-electron chi connectivity index (χ1n) is 4.53. The lowest BCUT2D eigenvalue weighted by atomic mass is 10.1. The summed E-state index contributed by atoms with van der Waals surface area (Å²) in [5, 5.41) is 0. The van der Waals surface area contributed by atoms with Gasteiger partial charge in [0, 0.05) is 12.3 Å². The van der Waals surface area contributed by atoms with Crippen molar-refractivity contribution in [2.75, 3.05) is 13.1 Å². The Kier molecular flexibility index (Phi) is 5.60. The van der Waals surface area contributed by atoms with E-state index in [2.05, 4.69) is 44.4 Å². The van der Waals surface area contributed by atoms with Crippen LogP contribution in [-0.4, -0.2) is 25.5 Å². The van der Waals surface area contributed by atoms with Gasteiger partial charge in [-0.15, -0.1) is 0 Å². The smallest absolute Gasteiger partial charge is 0.0763 e. The molecule has 0 aliphatic heterocycles. The zero-order valence-corrected chi connectivity index (χ0v) is 8.67. The molecule has 0 spiro atoms. The second-order valence-corrected chi connectivity index (χ2v) is 3.76. The highest BCUT2D eigenvalue weighted by molar-refractivity contribution is 5.88. The molecule has 0 aromatic rings. The van der Waals surface area contributed by atoms with Crippen molar-refractivity contribution in [2.24, 2.45) is 21.8 Å². The fraction of sp³-hybridized carbons (Fsp3) is 0.800. The first kappa shape index (κ1) is 11.3. The van der Waals surface area contributed by atoms with Crippen LogP contribution in [0.5, 0.6) is 0 Å². The number of hydrogen-bond acceptors (Lipinski definition) is 2. The van der Waals surface area contributed by atoms with Crippen LogP contribution in [0.3, 0.4) is 0 Å². The van der Waals surface area contributed by atoms with Crippen molar-refractivity contribution in [1.82, 2.24) is 0 Å². The Morgan fingerprint density at radius 3 is 2.17 bits per heavy atom. The van der Waals surface area contributed by atoms with Crippen molar-refractivity contribution in [1.29, 1.82) is 0 Å². The molecule has 0 N–H and O–H groups in total. The van der Waals surface area contributed by atoms with Crippen LogP contribution in [0.2, 0.25) is 0 Å². The molecule has 0 aliphatic carbocycles. The lowest BCUT2D eigenvalue weighted by molar-refractivity contribution is 0.659. The first-order valence-corrected chi connectivity index (χ1v) is 4.53. The van der Waals surface area contributed by atoms with Gasteiger partial charge in [0.1, 0.15) is 0 Å². The highest BCUT2D eigenvalue weighted by Crippen LogP contribution is 2.00. The predicted molar refractivity (Wildman–Crippen MR) is 56.4 cm³/mol. The lowest BCUT2D eigenvalue weighted by Crippen LogP contribution is -2.13. The van der Waals surface area contributed by atoms with Gasteiger partial charge in [0.15, 0.2) is 0 Å². The van der Waals surface area contributed by atoms with Gasteiger partial charge >= 0.3 is 0 Å². The molecule has 0 atom stereocenters. The Bertz CT molecular complexity index is 157. The summed E-state index contributed by atoms with van der Waals surface area (Å²) in [4.78, 5) is 8.35. The van der Waals surface area contributed by atoms with Crippen LogP contribution in [0.1, 0.15) is 27.7 Å². The van der Waals surface area contributed by atoms with Gasteiger partial charge in [-0.3, -0.25) is 9.98 Å². The maximum Gasteiger partial charge on any atom is 0.0763 e. The Morgan fingerprint density at radius 1 is 1.25 bits per heavy atom. The van der Waals surface area contributed by atoms with Crippen LogP contribution in [-0.2, 0) is 0 Å². The van der Waals surface area contributed by atoms with Crippen LogP contribution in [0, 0.1) is 11.8 Å². The van der Waals surface area contributed by atoms with Crippen molar-refractivity contribution in [3.8, 4) is 0 Å². The van der Waals surface area contributed by atoms with E-state index in [4.69, 9.17) is 0 Å². The molecule has 0 amide bonds. The summed E-state index contributed by atoms with van der Waals surface area (Å²) in [6.45, 7) is 13.7. The quantitative estimate of drug-likeness (QED) is 0.563. The van der Waals surface area contributed by atoms with Crippen molar-refractivity contribution >= 4 is 12.4 Å². The molecule has 2 heteroatoms. The first-order chi connectivity index (χ1) is 5.57. The van der Waals surface area contributed by atoms with Gasteiger partial charge in [-0.1, -0.05) is 27.7 Å². The van der Waals surface area contributed by atoms with E-state index in [0.29, 0.717) is 18.4 Å². The molecule has 0 unspecified atom stereocenters. The third-order valence-electron chi connectivity index (χ3n) is 1.60. The topological polar surface area (TPSA) is 24.7 Å². The van der Waals surface area contributed by atoms with Gasteiger partial charge in [0.05, 0.1) is 6.54 Å². The molecule has 12 heavy (non-hydrogen) atoms. The summed E-state index contributed by atoms with van der Waals surface area (Å²) in [7, 11) is 0. The van der Waals surface area contributed by atoms with Crippen molar-refractivity contribution in [3.63, 3.8) is 0 Å². The van der Waals surface area contributed by atoms with Crippen LogP contribution < -0.4 is 0 Å². The van der Waals surface area contributed by atoms with Crippen molar-refractivity contribution < 1.29 is 0 Å². The third kappa shape index (κ3) is 5.05. The fourth-order valence-corrected chi connectivity index (χ4v) is 0.830. The molecular formula is C10H20N2. The van der Waals surface area contributed by atoms with Crippen LogP contribution >= 0.6 is 0 Å². The van der Waals surface area contributed by atoms with Gasteiger partial charge in [0.2, 0.25) is 0 Å². The minimum absolute atomic E-state index is 0.495. The number of hydrogen-bond donors (Lipinski definition) is 0. The fourth-order valence-electron chi connectivity index (χ4n) is 0.830. The summed E-state index contributed by atoms with van der Waals surface area (Å²) in [5.74, 6) is 1.12. The average molecular weight is 168 g/mol. The van der Waals surface area contributed by atoms with Crippen LogP contribution in [0.4, 0.5) is 0 Å². The Balaban J connectivity index is 4.08. The Hall–Kier alpha value is -0.660. The monoisotopic (exact) mass is 168 g/mol. The van der Waals surface area contributed by atoms with E-state index >= 15 is 0 Å². The normalized spacial score (nSPS) is 12.7. The van der Waals surface area contributed by atoms with Gasteiger partial charge in [0.25, 0.3) is 0 Å². The van der Waals surface area contributed by atoms with E-state index in [1.54, 1.807) is 0 Å². The number of aliphatic imine (C=N–C) groups is 2. The minimum atomic E-state index is 0.495. The molecule has 0 fully saturated rings. The number of nitrogens with zero attached hydrogens (tertiary/aromatic N) is 2. The summed E-state index contributed by atoms with van der Waals surface area (Å²) in [6.07, 6.45) is 0. The van der Waals surface area contributed by atoms with Gasteiger partial charge < -0.3 is 0 Å². The Labute approximate surface area is 75.8 Å². The maximum absolute atomic E-state index is 4.50. The maximum atomic E-state index is 4.50. The summed E-state index contributed by atoms with van der Waals surface area (Å²) in [5.41, 5.74) is 1.17. The summed E-state index contributed by atoms with van der Waals surface area (Å²) in [6, 6.07) is 0. The minimum Gasteiger partial charge on any atom is -0.295 e. The molecule has 0 aromatic heterocycles. The van der Waals surface area contributed by atoms with E-state index in [9.17, 15) is 0 Å². The highest BCUT2D eigenvalue weighted by Gasteiger charge is 2.03. The molecular weight excluding hydrogens is 148 g/mol. The largest absolute Gasteiger partial charge is 0.295 e. The second-order valence-electron chi connectivity index (χ2n) is 3.76. The van der Waals surface area contributed by atoms with Gasteiger partial charge in [-0.05, 0) is 18.6 Å². The standard InChI is InChI=1S/C10H20N2/c1-8(2)6-12-10(7-11-5)9(3)4/h8-9H,5-7H2,1-4H3/b12-10+. The molecule has 0 aromatic carbocycles. The molecule has 0 heterocycles. The molecule has 0 radical (unpaired) electrons. The van der Waals surface area contributed by atoms with E-state index < -0.39 is 0 Å².